The number of aryl methyl sites for hydroxylation is 1. The summed E-state index contributed by atoms with van der Waals surface area (Å²) in [6, 6.07) is 11.2. The first-order chi connectivity index (χ1) is 13.1. The van der Waals surface area contributed by atoms with Gasteiger partial charge in [0.25, 0.3) is 5.91 Å². The predicted molar refractivity (Wildman–Crippen MR) is 105 cm³/mol. The highest BCUT2D eigenvalue weighted by Crippen LogP contribution is 2.32. The largest absolute Gasteiger partial charge is 0.496 e. The SMILES string of the molecule is COc1cc(CNC(=O)c2ccc(OC3CCCC3)c(OC)c2)ccc1C. The second-order valence-corrected chi connectivity index (χ2v) is 6.88. The lowest BCUT2D eigenvalue weighted by Gasteiger charge is -2.16. The van der Waals surface area contributed by atoms with Crippen molar-refractivity contribution in [1.82, 2.24) is 5.32 Å². The normalized spacial score (nSPS) is 14.0. The Hall–Kier alpha value is -2.69. The van der Waals surface area contributed by atoms with Crippen molar-refractivity contribution in [2.24, 2.45) is 0 Å². The fourth-order valence-corrected chi connectivity index (χ4v) is 3.35. The highest BCUT2D eigenvalue weighted by molar-refractivity contribution is 5.94. The van der Waals surface area contributed by atoms with Crippen LogP contribution in [0.1, 0.15) is 47.2 Å². The Morgan fingerprint density at radius 3 is 2.44 bits per heavy atom. The van der Waals surface area contributed by atoms with E-state index < -0.39 is 0 Å². The lowest BCUT2D eigenvalue weighted by atomic mass is 10.1. The smallest absolute Gasteiger partial charge is 0.251 e. The van der Waals surface area contributed by atoms with Crippen LogP contribution in [0.15, 0.2) is 36.4 Å². The number of hydrogen-bond acceptors (Lipinski definition) is 4. The molecule has 144 valence electrons. The molecule has 1 fully saturated rings. The van der Waals surface area contributed by atoms with Gasteiger partial charge < -0.3 is 19.5 Å². The van der Waals surface area contributed by atoms with E-state index in [-0.39, 0.29) is 12.0 Å². The molecular formula is C22H27NO4. The van der Waals surface area contributed by atoms with Crippen molar-refractivity contribution in [3.8, 4) is 17.2 Å². The number of hydrogen-bond donors (Lipinski definition) is 1. The summed E-state index contributed by atoms with van der Waals surface area (Å²) in [5.74, 6) is 1.95. The van der Waals surface area contributed by atoms with Gasteiger partial charge in [0.2, 0.25) is 0 Å². The number of benzene rings is 2. The molecule has 0 aliphatic heterocycles. The molecule has 0 bridgehead atoms. The van der Waals surface area contributed by atoms with Crippen LogP contribution in [0, 0.1) is 6.92 Å². The van der Waals surface area contributed by atoms with Gasteiger partial charge in [-0.1, -0.05) is 12.1 Å². The topological polar surface area (TPSA) is 56.8 Å². The van der Waals surface area contributed by atoms with Gasteiger partial charge in [0.15, 0.2) is 11.5 Å². The van der Waals surface area contributed by atoms with Crippen molar-refractivity contribution in [1.29, 1.82) is 0 Å². The van der Waals surface area contributed by atoms with Crippen LogP contribution in [0.3, 0.4) is 0 Å². The summed E-state index contributed by atoms with van der Waals surface area (Å²) < 4.78 is 16.8. The third-order valence-corrected chi connectivity index (χ3v) is 4.95. The number of carbonyl (C=O) groups is 1. The molecule has 0 atom stereocenters. The summed E-state index contributed by atoms with van der Waals surface area (Å²) in [5, 5.41) is 2.94. The highest BCUT2D eigenvalue weighted by atomic mass is 16.5. The van der Waals surface area contributed by atoms with E-state index >= 15 is 0 Å². The molecule has 0 radical (unpaired) electrons. The number of methoxy groups -OCH3 is 2. The number of rotatable bonds is 7. The van der Waals surface area contributed by atoms with E-state index in [1.54, 1.807) is 26.4 Å². The first kappa shape index (κ1) is 19.1. The molecule has 1 N–H and O–H groups in total. The van der Waals surface area contributed by atoms with Crippen LogP contribution in [0.4, 0.5) is 0 Å². The van der Waals surface area contributed by atoms with Gasteiger partial charge in [-0.15, -0.1) is 0 Å². The molecule has 2 aromatic rings. The average Bonchev–Trinajstić information content (AvgIpc) is 3.20. The monoisotopic (exact) mass is 369 g/mol. The van der Waals surface area contributed by atoms with E-state index in [9.17, 15) is 4.79 Å². The molecule has 0 unspecified atom stereocenters. The Balaban J connectivity index is 1.65. The molecule has 0 aromatic heterocycles. The quantitative estimate of drug-likeness (QED) is 0.792. The van der Waals surface area contributed by atoms with Gasteiger partial charge in [0, 0.05) is 12.1 Å². The maximum Gasteiger partial charge on any atom is 0.251 e. The van der Waals surface area contributed by atoms with Crippen molar-refractivity contribution in [2.75, 3.05) is 14.2 Å². The summed E-state index contributed by atoms with van der Waals surface area (Å²) in [6.45, 7) is 2.42. The van der Waals surface area contributed by atoms with Crippen LogP contribution in [0.2, 0.25) is 0 Å². The Morgan fingerprint density at radius 2 is 1.74 bits per heavy atom. The highest BCUT2D eigenvalue weighted by Gasteiger charge is 2.19. The van der Waals surface area contributed by atoms with Gasteiger partial charge in [0.05, 0.1) is 20.3 Å². The zero-order chi connectivity index (χ0) is 19.2. The van der Waals surface area contributed by atoms with Crippen LogP contribution in [-0.4, -0.2) is 26.2 Å². The second-order valence-electron chi connectivity index (χ2n) is 6.88. The molecule has 3 rings (SSSR count). The van der Waals surface area contributed by atoms with Gasteiger partial charge in [-0.25, -0.2) is 0 Å². The fraction of sp³-hybridized carbons (Fsp3) is 0.409. The molecule has 0 spiro atoms. The first-order valence-corrected chi connectivity index (χ1v) is 9.37. The van der Waals surface area contributed by atoms with E-state index in [2.05, 4.69) is 5.32 Å². The summed E-state index contributed by atoms with van der Waals surface area (Å²) >= 11 is 0. The third kappa shape index (κ3) is 4.73. The molecule has 1 saturated carbocycles. The second kappa shape index (κ2) is 8.80. The van der Waals surface area contributed by atoms with E-state index in [1.165, 1.54) is 12.8 Å². The molecular weight excluding hydrogens is 342 g/mol. The predicted octanol–water partition coefficient (Wildman–Crippen LogP) is 4.26. The number of carbonyl (C=O) groups excluding carboxylic acids is 1. The lowest BCUT2D eigenvalue weighted by Crippen LogP contribution is -2.23. The van der Waals surface area contributed by atoms with Crippen LogP contribution in [0.25, 0.3) is 0 Å². The number of amides is 1. The van der Waals surface area contributed by atoms with Gasteiger partial charge in [-0.05, 0) is 68.0 Å². The minimum atomic E-state index is -0.153. The Bertz CT molecular complexity index is 797. The van der Waals surface area contributed by atoms with E-state index in [0.717, 1.165) is 29.7 Å². The van der Waals surface area contributed by atoms with Gasteiger partial charge in [-0.2, -0.15) is 0 Å². The zero-order valence-electron chi connectivity index (χ0n) is 16.2. The van der Waals surface area contributed by atoms with Crippen molar-refractivity contribution < 1.29 is 19.0 Å². The molecule has 5 nitrogen and oxygen atoms in total. The van der Waals surface area contributed by atoms with Crippen molar-refractivity contribution in [3.05, 3.63) is 53.1 Å². The Labute approximate surface area is 160 Å². The maximum absolute atomic E-state index is 12.5. The molecule has 1 amide bonds. The van der Waals surface area contributed by atoms with Crippen LogP contribution < -0.4 is 19.5 Å². The summed E-state index contributed by atoms with van der Waals surface area (Å²) in [6.07, 6.45) is 4.81. The van der Waals surface area contributed by atoms with Crippen molar-refractivity contribution >= 4 is 5.91 Å². The van der Waals surface area contributed by atoms with Crippen LogP contribution in [0.5, 0.6) is 17.2 Å². The molecule has 1 aliphatic carbocycles. The minimum Gasteiger partial charge on any atom is -0.496 e. The molecule has 0 heterocycles. The van der Waals surface area contributed by atoms with Crippen LogP contribution >= 0.6 is 0 Å². The fourth-order valence-electron chi connectivity index (χ4n) is 3.35. The third-order valence-electron chi connectivity index (χ3n) is 4.95. The summed E-state index contributed by atoms with van der Waals surface area (Å²) in [7, 11) is 3.24. The average molecular weight is 369 g/mol. The molecule has 0 saturated heterocycles. The van der Waals surface area contributed by atoms with Crippen molar-refractivity contribution in [3.63, 3.8) is 0 Å². The Kier molecular flexibility index (Phi) is 6.22. The van der Waals surface area contributed by atoms with Crippen molar-refractivity contribution in [2.45, 2.75) is 45.3 Å². The molecule has 1 aliphatic rings. The van der Waals surface area contributed by atoms with E-state index in [1.807, 2.05) is 31.2 Å². The van der Waals surface area contributed by atoms with E-state index in [4.69, 9.17) is 14.2 Å². The van der Waals surface area contributed by atoms with Gasteiger partial charge in [0.1, 0.15) is 5.75 Å². The van der Waals surface area contributed by atoms with Gasteiger partial charge in [-0.3, -0.25) is 4.79 Å². The number of nitrogens with one attached hydrogen (secondary N) is 1. The van der Waals surface area contributed by atoms with E-state index in [0.29, 0.717) is 23.6 Å². The van der Waals surface area contributed by atoms with Gasteiger partial charge >= 0.3 is 0 Å². The minimum absolute atomic E-state index is 0.153. The zero-order valence-corrected chi connectivity index (χ0v) is 16.2. The lowest BCUT2D eigenvalue weighted by molar-refractivity contribution is 0.0950. The number of ether oxygens (including phenoxy) is 3. The molecule has 5 heteroatoms. The standard InChI is InChI=1S/C22H27NO4/c1-15-8-9-16(12-20(15)25-2)14-23-22(24)17-10-11-19(21(13-17)26-3)27-18-6-4-5-7-18/h8-13,18H,4-7,14H2,1-3H3,(H,23,24). The van der Waals surface area contributed by atoms with Crippen LogP contribution in [-0.2, 0) is 6.54 Å². The Morgan fingerprint density at radius 1 is 1.00 bits per heavy atom. The molecule has 2 aromatic carbocycles. The first-order valence-electron chi connectivity index (χ1n) is 9.37. The summed E-state index contributed by atoms with van der Waals surface area (Å²) in [4.78, 5) is 12.5. The maximum atomic E-state index is 12.5. The molecule has 27 heavy (non-hydrogen) atoms. The summed E-state index contributed by atoms with van der Waals surface area (Å²) in [5.41, 5.74) is 2.60.